The quantitative estimate of drug-likeness (QED) is 0.543. The van der Waals surface area contributed by atoms with Gasteiger partial charge >= 0.3 is 6.18 Å². The molecule has 0 aliphatic heterocycles. The summed E-state index contributed by atoms with van der Waals surface area (Å²) in [4.78, 5) is 33.3. The molecule has 0 saturated heterocycles. The number of rotatable bonds is 7. The van der Waals surface area contributed by atoms with Gasteiger partial charge in [0.1, 0.15) is 12.0 Å². The molecule has 7 nitrogen and oxygen atoms in total. The van der Waals surface area contributed by atoms with Crippen LogP contribution in [0.5, 0.6) is 0 Å². The number of likely N-dealkylation sites (N-methyl/N-ethyl adjacent to an activating group) is 1. The fourth-order valence-corrected chi connectivity index (χ4v) is 2.51. The van der Waals surface area contributed by atoms with E-state index < -0.39 is 24.2 Å². The molecule has 0 aliphatic rings. The van der Waals surface area contributed by atoms with Crippen LogP contribution in [0.1, 0.15) is 11.1 Å². The molecule has 2 amide bonds. The Morgan fingerprint density at radius 1 is 0.903 bits per heavy atom. The summed E-state index contributed by atoms with van der Waals surface area (Å²) in [6.07, 6.45) is -4.21. The van der Waals surface area contributed by atoms with Crippen molar-refractivity contribution in [1.82, 2.24) is 10.6 Å². The van der Waals surface area contributed by atoms with Gasteiger partial charge in [-0.15, -0.1) is 0 Å². The summed E-state index contributed by atoms with van der Waals surface area (Å²) >= 11 is 0. The summed E-state index contributed by atoms with van der Waals surface area (Å²) in [7, 11) is 1.57. The number of carboxylic acid groups (broad SMARTS) is 1. The predicted molar refractivity (Wildman–Crippen MR) is 104 cm³/mol. The van der Waals surface area contributed by atoms with Gasteiger partial charge in [-0.1, -0.05) is 60.7 Å². The van der Waals surface area contributed by atoms with Crippen molar-refractivity contribution in [2.75, 3.05) is 7.05 Å². The summed E-state index contributed by atoms with van der Waals surface area (Å²) in [6.45, 7) is 0. The number of benzene rings is 2. The molecular weight excluding hydrogens is 415 g/mol. The molecule has 2 aromatic carbocycles. The summed E-state index contributed by atoms with van der Waals surface area (Å²) in [5.41, 5.74) is 5.98. The number of carboxylic acids is 1. The molecule has 0 radical (unpaired) electrons. The fourth-order valence-electron chi connectivity index (χ4n) is 2.51. The van der Waals surface area contributed by atoms with Crippen LogP contribution in [-0.2, 0) is 27.2 Å². The Balaban J connectivity index is 0.000000592. The van der Waals surface area contributed by atoms with Gasteiger partial charge in [-0.25, -0.2) is 0 Å². The van der Waals surface area contributed by atoms with Crippen molar-refractivity contribution in [2.24, 2.45) is 0 Å². The normalized spacial score (nSPS) is 12.5. The third kappa shape index (κ3) is 9.77. The van der Waals surface area contributed by atoms with Gasteiger partial charge in [0.2, 0.25) is 5.91 Å². The minimum Gasteiger partial charge on any atom is -0.542 e. The van der Waals surface area contributed by atoms with Gasteiger partial charge in [-0.05, 0) is 11.1 Å². The van der Waals surface area contributed by atoms with E-state index in [1.807, 2.05) is 60.7 Å². The molecule has 0 unspecified atom stereocenters. The SMILES string of the molecule is CNC(=O)[C@@H](Cc1ccccc1)NC(=O)[C@@H]([NH3+])Cc1ccccc1.O=C([O-])C(F)(F)F. The summed E-state index contributed by atoms with van der Waals surface area (Å²) in [5.74, 6) is -3.44. The van der Waals surface area contributed by atoms with Crippen LogP contribution in [0.3, 0.4) is 0 Å². The van der Waals surface area contributed by atoms with Crippen LogP contribution in [0, 0.1) is 0 Å². The molecule has 0 aromatic heterocycles. The van der Waals surface area contributed by atoms with Gasteiger partial charge in [0.05, 0.1) is 0 Å². The first-order valence-corrected chi connectivity index (χ1v) is 9.25. The highest BCUT2D eigenvalue weighted by Gasteiger charge is 2.29. The van der Waals surface area contributed by atoms with Crippen LogP contribution >= 0.6 is 0 Å². The molecular formula is C21H24F3N3O4. The maximum absolute atomic E-state index is 12.4. The lowest BCUT2D eigenvalue weighted by Gasteiger charge is -2.19. The van der Waals surface area contributed by atoms with Gasteiger partial charge in [0, 0.05) is 19.9 Å². The van der Waals surface area contributed by atoms with Crippen molar-refractivity contribution in [3.8, 4) is 0 Å². The zero-order valence-corrected chi connectivity index (χ0v) is 16.8. The lowest BCUT2D eigenvalue weighted by molar-refractivity contribution is -0.403. The monoisotopic (exact) mass is 439 g/mol. The molecule has 2 aromatic rings. The minimum atomic E-state index is -5.19. The van der Waals surface area contributed by atoms with Gasteiger partial charge in [-0.2, -0.15) is 13.2 Å². The first kappa shape index (κ1) is 25.6. The third-order valence-electron chi connectivity index (χ3n) is 4.09. The van der Waals surface area contributed by atoms with Gasteiger partial charge in [0.25, 0.3) is 5.91 Å². The Morgan fingerprint density at radius 2 is 1.32 bits per heavy atom. The van der Waals surface area contributed by atoms with Crippen LogP contribution in [-0.4, -0.2) is 43.1 Å². The van der Waals surface area contributed by atoms with Gasteiger partial charge in [0.15, 0.2) is 6.04 Å². The minimum absolute atomic E-state index is 0.209. The lowest BCUT2D eigenvalue weighted by atomic mass is 10.0. The Morgan fingerprint density at radius 3 is 1.71 bits per heavy atom. The van der Waals surface area contributed by atoms with E-state index in [-0.39, 0.29) is 11.8 Å². The molecule has 31 heavy (non-hydrogen) atoms. The summed E-state index contributed by atoms with van der Waals surface area (Å²) in [6, 6.07) is 18.3. The maximum atomic E-state index is 12.4. The second-order valence-electron chi connectivity index (χ2n) is 6.54. The van der Waals surface area contributed by atoms with E-state index >= 15 is 0 Å². The van der Waals surface area contributed by atoms with E-state index in [0.29, 0.717) is 12.8 Å². The highest BCUT2D eigenvalue weighted by Crippen LogP contribution is 2.11. The molecule has 0 fully saturated rings. The van der Waals surface area contributed by atoms with Crippen LogP contribution in [0.25, 0.3) is 0 Å². The number of halogens is 3. The van der Waals surface area contributed by atoms with Crippen molar-refractivity contribution in [3.05, 3.63) is 71.8 Å². The fraction of sp³-hybridized carbons (Fsp3) is 0.286. The number of carbonyl (C=O) groups excluding carboxylic acids is 3. The second kappa shape index (κ2) is 12.3. The number of carbonyl (C=O) groups is 3. The predicted octanol–water partition coefficient (Wildman–Crippen LogP) is -0.388. The number of hydrogen-bond acceptors (Lipinski definition) is 4. The Kier molecular flexibility index (Phi) is 10.2. The number of alkyl halides is 3. The first-order chi connectivity index (χ1) is 14.5. The van der Waals surface area contributed by atoms with Crippen molar-refractivity contribution < 1.29 is 38.4 Å². The molecule has 0 bridgehead atoms. The van der Waals surface area contributed by atoms with E-state index in [4.69, 9.17) is 9.90 Å². The lowest BCUT2D eigenvalue weighted by Crippen LogP contribution is -2.69. The molecule has 5 N–H and O–H groups in total. The standard InChI is InChI=1S/C19H23N3O2.C2HF3O2/c1-21-19(24)17(13-15-10-6-3-7-11-15)22-18(23)16(20)12-14-8-4-2-5-9-14;3-2(4,5)1(6)7/h2-11,16-17H,12-13,20H2,1H3,(H,21,24)(H,22,23);(H,6,7)/t16-,17+;/m0./s1. The van der Waals surface area contributed by atoms with Crippen molar-refractivity contribution in [1.29, 1.82) is 0 Å². The second-order valence-corrected chi connectivity index (χ2v) is 6.54. The van der Waals surface area contributed by atoms with Gasteiger partial charge < -0.3 is 26.3 Å². The summed E-state index contributed by atoms with van der Waals surface area (Å²) in [5, 5.41) is 14.2. The number of quaternary nitrogens is 1. The highest BCUT2D eigenvalue weighted by atomic mass is 19.4. The number of nitrogens with one attached hydrogen (secondary N) is 2. The van der Waals surface area contributed by atoms with E-state index in [1.165, 1.54) is 0 Å². The summed E-state index contributed by atoms with van der Waals surface area (Å²) < 4.78 is 31.5. The largest absolute Gasteiger partial charge is 0.542 e. The van der Waals surface area contributed by atoms with Crippen LogP contribution in [0.2, 0.25) is 0 Å². The Hall–Kier alpha value is -3.40. The van der Waals surface area contributed by atoms with E-state index in [9.17, 15) is 22.8 Å². The average molecular weight is 439 g/mol. The van der Waals surface area contributed by atoms with Crippen molar-refractivity contribution in [3.63, 3.8) is 0 Å². The molecule has 2 atom stereocenters. The van der Waals surface area contributed by atoms with E-state index in [1.54, 1.807) is 7.05 Å². The molecule has 0 spiro atoms. The number of aliphatic carboxylic acids is 1. The highest BCUT2D eigenvalue weighted by molar-refractivity contribution is 5.89. The van der Waals surface area contributed by atoms with Crippen molar-refractivity contribution >= 4 is 17.8 Å². The van der Waals surface area contributed by atoms with Crippen LogP contribution < -0.4 is 21.5 Å². The molecule has 168 valence electrons. The number of hydrogen-bond donors (Lipinski definition) is 3. The Labute approximate surface area is 177 Å². The number of amides is 2. The first-order valence-electron chi connectivity index (χ1n) is 9.25. The molecule has 0 heterocycles. The molecule has 0 saturated carbocycles. The van der Waals surface area contributed by atoms with Crippen LogP contribution in [0.4, 0.5) is 13.2 Å². The van der Waals surface area contributed by atoms with Gasteiger partial charge in [-0.3, -0.25) is 9.59 Å². The van der Waals surface area contributed by atoms with E-state index in [2.05, 4.69) is 16.4 Å². The average Bonchev–Trinajstić information content (AvgIpc) is 2.73. The third-order valence-corrected chi connectivity index (χ3v) is 4.09. The molecule has 0 aliphatic carbocycles. The Bertz CT molecular complexity index is 846. The smallest absolute Gasteiger partial charge is 0.430 e. The zero-order chi connectivity index (χ0) is 23.4. The molecule has 2 rings (SSSR count). The van der Waals surface area contributed by atoms with E-state index in [0.717, 1.165) is 11.1 Å². The molecule has 10 heteroatoms. The topological polar surface area (TPSA) is 126 Å². The van der Waals surface area contributed by atoms with Crippen LogP contribution in [0.15, 0.2) is 60.7 Å². The maximum Gasteiger partial charge on any atom is 0.430 e. The van der Waals surface area contributed by atoms with Crippen molar-refractivity contribution in [2.45, 2.75) is 31.1 Å². The zero-order valence-electron chi connectivity index (χ0n) is 16.8.